The number of ketones is 1. The monoisotopic (exact) mass is 286 g/mol. The molecule has 0 amide bonds. The molecule has 0 aliphatic carbocycles. The van der Waals surface area contributed by atoms with Crippen LogP contribution in [0.3, 0.4) is 0 Å². The molecule has 0 saturated carbocycles. The molecule has 0 heterocycles. The molecule has 1 aromatic carbocycles. The molecular formula is C13H9F3O4. The smallest absolute Gasteiger partial charge is 0.416 e. The van der Waals surface area contributed by atoms with E-state index in [1.54, 1.807) is 0 Å². The SMILES string of the molecule is O=C(O)C(=O)/C=C/C=C(\O)c1ccc(C(F)(F)F)cc1. The minimum absolute atomic E-state index is 0.102. The summed E-state index contributed by atoms with van der Waals surface area (Å²) in [6.45, 7) is 0. The Morgan fingerprint density at radius 3 is 2.05 bits per heavy atom. The number of aliphatic carboxylic acids is 1. The lowest BCUT2D eigenvalue weighted by atomic mass is 10.1. The second-order valence-electron chi connectivity index (χ2n) is 3.66. The third-order valence-corrected chi connectivity index (χ3v) is 2.22. The van der Waals surface area contributed by atoms with Crippen LogP contribution >= 0.6 is 0 Å². The fourth-order valence-electron chi connectivity index (χ4n) is 1.22. The highest BCUT2D eigenvalue weighted by atomic mass is 19.4. The zero-order valence-electron chi connectivity index (χ0n) is 9.89. The van der Waals surface area contributed by atoms with Gasteiger partial charge in [-0.15, -0.1) is 0 Å². The number of aliphatic hydroxyl groups excluding tert-OH is 1. The van der Waals surface area contributed by atoms with Gasteiger partial charge in [-0.2, -0.15) is 13.2 Å². The summed E-state index contributed by atoms with van der Waals surface area (Å²) in [6.07, 6.45) is -1.76. The van der Waals surface area contributed by atoms with Gasteiger partial charge in [-0.3, -0.25) is 4.79 Å². The van der Waals surface area contributed by atoms with Crippen LogP contribution in [0.4, 0.5) is 13.2 Å². The van der Waals surface area contributed by atoms with Gasteiger partial charge in [-0.25, -0.2) is 4.79 Å². The molecule has 20 heavy (non-hydrogen) atoms. The van der Waals surface area contributed by atoms with Gasteiger partial charge in [0.15, 0.2) is 0 Å². The molecule has 7 heteroatoms. The Morgan fingerprint density at radius 2 is 1.60 bits per heavy atom. The molecular weight excluding hydrogens is 277 g/mol. The molecule has 1 rings (SSSR count). The Bertz CT molecular complexity index is 568. The minimum Gasteiger partial charge on any atom is -0.507 e. The lowest BCUT2D eigenvalue weighted by Gasteiger charge is -2.06. The summed E-state index contributed by atoms with van der Waals surface area (Å²) in [6, 6.07) is 3.71. The van der Waals surface area contributed by atoms with E-state index < -0.39 is 29.3 Å². The summed E-state index contributed by atoms with van der Waals surface area (Å²) in [4.78, 5) is 20.9. The van der Waals surface area contributed by atoms with Crippen molar-refractivity contribution in [3.8, 4) is 0 Å². The number of hydrogen-bond donors (Lipinski definition) is 2. The lowest BCUT2D eigenvalue weighted by molar-refractivity contribution is -0.146. The van der Waals surface area contributed by atoms with Crippen LogP contribution in [0.2, 0.25) is 0 Å². The maximum Gasteiger partial charge on any atom is 0.416 e. The fraction of sp³-hybridized carbons (Fsp3) is 0.0769. The number of carbonyl (C=O) groups is 2. The third-order valence-electron chi connectivity index (χ3n) is 2.22. The molecule has 0 saturated heterocycles. The van der Waals surface area contributed by atoms with E-state index in [0.29, 0.717) is 6.08 Å². The van der Waals surface area contributed by atoms with Crippen LogP contribution in [0.1, 0.15) is 11.1 Å². The molecule has 1 aromatic rings. The number of allylic oxidation sites excluding steroid dienone is 2. The van der Waals surface area contributed by atoms with Gasteiger partial charge in [0.25, 0.3) is 5.78 Å². The van der Waals surface area contributed by atoms with Crippen molar-refractivity contribution in [2.75, 3.05) is 0 Å². The topological polar surface area (TPSA) is 74.6 Å². The summed E-state index contributed by atoms with van der Waals surface area (Å²) in [7, 11) is 0. The van der Waals surface area contributed by atoms with Crippen molar-refractivity contribution in [1.29, 1.82) is 0 Å². The Hall–Kier alpha value is -2.57. The van der Waals surface area contributed by atoms with E-state index in [1.165, 1.54) is 0 Å². The van der Waals surface area contributed by atoms with Crippen molar-refractivity contribution in [3.63, 3.8) is 0 Å². The predicted molar refractivity (Wildman–Crippen MR) is 63.8 cm³/mol. The normalized spacial score (nSPS) is 12.7. The maximum atomic E-state index is 12.3. The Labute approximate surface area is 111 Å². The van der Waals surface area contributed by atoms with Crippen LogP contribution in [0.15, 0.2) is 42.5 Å². The molecule has 0 atom stereocenters. The van der Waals surface area contributed by atoms with Crippen molar-refractivity contribution in [2.24, 2.45) is 0 Å². The van der Waals surface area contributed by atoms with Crippen molar-refractivity contribution >= 4 is 17.5 Å². The molecule has 0 unspecified atom stereocenters. The van der Waals surface area contributed by atoms with Crippen LogP contribution in [0, 0.1) is 0 Å². The number of aliphatic hydroxyl groups is 1. The average molecular weight is 286 g/mol. The highest BCUT2D eigenvalue weighted by Crippen LogP contribution is 2.29. The number of carboxylic acids is 1. The average Bonchev–Trinajstić information content (AvgIpc) is 2.37. The van der Waals surface area contributed by atoms with Crippen molar-refractivity contribution in [2.45, 2.75) is 6.18 Å². The fourth-order valence-corrected chi connectivity index (χ4v) is 1.22. The lowest BCUT2D eigenvalue weighted by Crippen LogP contribution is -2.08. The minimum atomic E-state index is -4.47. The molecule has 0 radical (unpaired) electrons. The van der Waals surface area contributed by atoms with E-state index in [1.807, 2.05) is 0 Å². The summed E-state index contributed by atoms with van der Waals surface area (Å²) < 4.78 is 36.9. The number of benzene rings is 1. The standard InChI is InChI=1S/C13H9F3O4/c14-13(15,16)9-6-4-8(5-7-9)10(17)2-1-3-11(18)12(19)20/h1-7,17H,(H,19,20)/b3-1+,10-2-. The van der Waals surface area contributed by atoms with E-state index >= 15 is 0 Å². The highest BCUT2D eigenvalue weighted by Gasteiger charge is 2.29. The molecule has 0 spiro atoms. The van der Waals surface area contributed by atoms with Gasteiger partial charge in [-0.1, -0.05) is 18.2 Å². The quantitative estimate of drug-likeness (QED) is 0.386. The second-order valence-corrected chi connectivity index (χ2v) is 3.66. The van der Waals surface area contributed by atoms with Gasteiger partial charge in [0.05, 0.1) is 5.56 Å². The zero-order chi connectivity index (χ0) is 15.3. The summed E-state index contributed by atoms with van der Waals surface area (Å²) in [5.74, 6) is -3.22. The molecule has 0 aliphatic heterocycles. The molecule has 0 bridgehead atoms. The van der Waals surface area contributed by atoms with Crippen LogP contribution in [0.5, 0.6) is 0 Å². The van der Waals surface area contributed by atoms with Crippen molar-refractivity contribution in [1.82, 2.24) is 0 Å². The van der Waals surface area contributed by atoms with E-state index in [9.17, 15) is 27.9 Å². The van der Waals surface area contributed by atoms with E-state index in [4.69, 9.17) is 5.11 Å². The summed E-state index contributed by atoms with van der Waals surface area (Å²) in [5.41, 5.74) is -0.754. The molecule has 0 aliphatic rings. The van der Waals surface area contributed by atoms with E-state index in [2.05, 4.69) is 0 Å². The Kier molecular flexibility index (Phi) is 4.68. The molecule has 2 N–H and O–H groups in total. The number of halogens is 3. The van der Waals surface area contributed by atoms with Gasteiger partial charge in [-0.05, 0) is 24.3 Å². The first-order chi connectivity index (χ1) is 9.21. The second kappa shape index (κ2) is 6.05. The molecule has 0 fully saturated rings. The van der Waals surface area contributed by atoms with Crippen LogP contribution in [-0.2, 0) is 15.8 Å². The summed E-state index contributed by atoms with van der Waals surface area (Å²) in [5, 5.41) is 17.8. The van der Waals surface area contributed by atoms with Gasteiger partial charge in [0.1, 0.15) is 5.76 Å². The summed E-state index contributed by atoms with van der Waals surface area (Å²) >= 11 is 0. The predicted octanol–water partition coefficient (Wildman–Crippen LogP) is 2.81. The number of carboxylic acid groups (broad SMARTS) is 1. The number of rotatable bonds is 4. The molecule has 106 valence electrons. The van der Waals surface area contributed by atoms with Crippen LogP contribution < -0.4 is 0 Å². The number of alkyl halides is 3. The van der Waals surface area contributed by atoms with Crippen LogP contribution in [0.25, 0.3) is 5.76 Å². The first-order valence-electron chi connectivity index (χ1n) is 5.24. The first-order valence-corrected chi connectivity index (χ1v) is 5.24. The number of carbonyl (C=O) groups excluding carboxylic acids is 1. The van der Waals surface area contributed by atoms with Gasteiger partial charge >= 0.3 is 12.1 Å². The van der Waals surface area contributed by atoms with Crippen molar-refractivity contribution in [3.05, 3.63) is 53.6 Å². The highest BCUT2D eigenvalue weighted by molar-refractivity contribution is 6.37. The first kappa shape index (κ1) is 15.5. The van der Waals surface area contributed by atoms with Gasteiger partial charge in [0.2, 0.25) is 0 Å². The van der Waals surface area contributed by atoms with E-state index in [0.717, 1.165) is 36.4 Å². The zero-order valence-corrected chi connectivity index (χ0v) is 9.89. The number of hydrogen-bond acceptors (Lipinski definition) is 3. The largest absolute Gasteiger partial charge is 0.507 e. The van der Waals surface area contributed by atoms with Crippen LogP contribution in [-0.4, -0.2) is 22.0 Å². The Balaban J connectivity index is 2.85. The van der Waals surface area contributed by atoms with Gasteiger partial charge in [0, 0.05) is 5.56 Å². The molecule has 0 aromatic heterocycles. The van der Waals surface area contributed by atoms with Crippen molar-refractivity contribution < 1.29 is 33.0 Å². The molecule has 4 nitrogen and oxygen atoms in total. The maximum absolute atomic E-state index is 12.3. The Morgan fingerprint density at radius 1 is 1.05 bits per heavy atom. The van der Waals surface area contributed by atoms with E-state index in [-0.39, 0.29) is 5.56 Å². The third kappa shape index (κ3) is 4.27. The van der Waals surface area contributed by atoms with Gasteiger partial charge < -0.3 is 10.2 Å².